The van der Waals surface area contributed by atoms with Crippen LogP contribution in [0.1, 0.15) is 37.0 Å². The average Bonchev–Trinajstić information content (AvgIpc) is 3.12. The van der Waals surface area contributed by atoms with E-state index in [2.05, 4.69) is 26.1 Å². The number of nitrogens with zero attached hydrogens (tertiary/aromatic N) is 2. The average molecular weight is 395 g/mol. The topological polar surface area (TPSA) is 129 Å². The summed E-state index contributed by atoms with van der Waals surface area (Å²) in [5.74, 6) is 0.549. The third-order valence-corrected chi connectivity index (χ3v) is 3.87. The quantitative estimate of drug-likeness (QED) is 0.529. The number of nitrogens with one attached hydrogen (secondary N) is 3. The Morgan fingerprint density at radius 2 is 1.62 bits per heavy atom. The number of hydrogen-bond donors (Lipinski definition) is 4. The molecule has 0 bridgehead atoms. The fourth-order valence-corrected chi connectivity index (χ4v) is 2.32. The van der Waals surface area contributed by atoms with Gasteiger partial charge in [-0.3, -0.25) is 10.1 Å². The molecule has 4 N–H and O–H groups in total. The molecule has 0 radical (unpaired) electrons. The molecule has 0 aliphatic heterocycles. The summed E-state index contributed by atoms with van der Waals surface area (Å²) in [4.78, 5) is 28.1. The van der Waals surface area contributed by atoms with Crippen LogP contribution >= 0.6 is 0 Å². The van der Waals surface area contributed by atoms with Crippen LogP contribution in [0.4, 0.5) is 22.0 Å². The van der Waals surface area contributed by atoms with Crippen molar-refractivity contribution in [1.82, 2.24) is 10.1 Å². The largest absolute Gasteiger partial charge is 0.506 e. The predicted octanol–water partition coefficient (Wildman–Crippen LogP) is 3.97. The Morgan fingerprint density at radius 3 is 2.17 bits per heavy atom. The van der Waals surface area contributed by atoms with Gasteiger partial charge in [-0.1, -0.05) is 25.9 Å². The van der Waals surface area contributed by atoms with Crippen LogP contribution in [0.25, 0.3) is 0 Å². The number of anilines is 3. The van der Waals surface area contributed by atoms with Gasteiger partial charge in [0.2, 0.25) is 0 Å². The third kappa shape index (κ3) is 5.32. The fourth-order valence-electron chi connectivity index (χ4n) is 2.32. The number of carbonyl (C=O) groups is 2. The molecule has 0 saturated carbocycles. The first-order chi connectivity index (χ1) is 13.7. The molecule has 9 heteroatoms. The van der Waals surface area contributed by atoms with E-state index in [9.17, 15) is 14.7 Å². The summed E-state index contributed by atoms with van der Waals surface area (Å²) in [6, 6.07) is 10.6. The molecule has 2 aromatic heterocycles. The second-order valence-electron chi connectivity index (χ2n) is 7.34. The van der Waals surface area contributed by atoms with Crippen molar-refractivity contribution in [1.29, 1.82) is 0 Å². The summed E-state index contributed by atoms with van der Waals surface area (Å²) in [5, 5.41) is 21.0. The normalized spacial score (nSPS) is 11.0. The van der Waals surface area contributed by atoms with Crippen molar-refractivity contribution in [3.63, 3.8) is 0 Å². The summed E-state index contributed by atoms with van der Waals surface area (Å²) in [6.45, 7) is 5.94. The van der Waals surface area contributed by atoms with Crippen molar-refractivity contribution in [2.45, 2.75) is 26.2 Å². The summed E-state index contributed by atoms with van der Waals surface area (Å²) in [6.07, 6.45) is 1.19. The Labute approximate surface area is 167 Å². The van der Waals surface area contributed by atoms with Crippen LogP contribution in [0.15, 0.2) is 53.2 Å². The van der Waals surface area contributed by atoms with Crippen LogP contribution in [-0.4, -0.2) is 27.2 Å². The summed E-state index contributed by atoms with van der Waals surface area (Å²) in [5.41, 5.74) is 1.02. The van der Waals surface area contributed by atoms with Gasteiger partial charge in [0.1, 0.15) is 17.2 Å². The first kappa shape index (κ1) is 19.9. The smallest absolute Gasteiger partial charge is 0.324 e. The Morgan fingerprint density at radius 1 is 0.966 bits per heavy atom. The summed E-state index contributed by atoms with van der Waals surface area (Å²) >= 11 is 0. The van der Waals surface area contributed by atoms with Gasteiger partial charge in [-0.15, -0.1) is 0 Å². The van der Waals surface area contributed by atoms with Crippen LogP contribution in [0.2, 0.25) is 0 Å². The van der Waals surface area contributed by atoms with Gasteiger partial charge < -0.3 is 20.3 Å². The molecule has 3 amide bonds. The maximum Gasteiger partial charge on any atom is 0.324 e. The Bertz CT molecular complexity index is 1000. The van der Waals surface area contributed by atoms with Gasteiger partial charge in [0.25, 0.3) is 5.91 Å². The van der Waals surface area contributed by atoms with E-state index in [1.54, 1.807) is 30.3 Å². The molecule has 29 heavy (non-hydrogen) atoms. The molecule has 3 rings (SSSR count). The molecular weight excluding hydrogens is 374 g/mol. The van der Waals surface area contributed by atoms with E-state index in [1.165, 1.54) is 18.3 Å². The van der Waals surface area contributed by atoms with Crippen molar-refractivity contribution < 1.29 is 19.2 Å². The molecule has 0 fully saturated rings. The SMILES string of the molecule is CC(C)(C)c1cc(NC(=O)Nc2ccc(NC(=O)c3ccc(O)cn3)cc2)no1. The zero-order valence-electron chi connectivity index (χ0n) is 16.2. The molecule has 1 aromatic carbocycles. The first-order valence-corrected chi connectivity index (χ1v) is 8.82. The second kappa shape index (κ2) is 8.01. The molecule has 150 valence electrons. The van der Waals surface area contributed by atoms with Crippen molar-refractivity contribution in [2.75, 3.05) is 16.0 Å². The summed E-state index contributed by atoms with van der Waals surface area (Å²) in [7, 11) is 0. The van der Waals surface area contributed by atoms with E-state index in [0.717, 1.165) is 0 Å². The lowest BCUT2D eigenvalue weighted by atomic mass is 9.93. The van der Waals surface area contributed by atoms with E-state index in [0.29, 0.717) is 23.0 Å². The molecule has 0 unspecified atom stereocenters. The zero-order valence-corrected chi connectivity index (χ0v) is 16.2. The van der Waals surface area contributed by atoms with Crippen molar-refractivity contribution in [2.24, 2.45) is 0 Å². The van der Waals surface area contributed by atoms with E-state index in [1.807, 2.05) is 20.8 Å². The molecule has 0 saturated heterocycles. The minimum absolute atomic E-state index is 0.0181. The molecule has 3 aromatic rings. The number of benzene rings is 1. The lowest BCUT2D eigenvalue weighted by Gasteiger charge is -2.12. The second-order valence-corrected chi connectivity index (χ2v) is 7.34. The molecule has 2 heterocycles. The fraction of sp³-hybridized carbons (Fsp3) is 0.200. The van der Waals surface area contributed by atoms with Gasteiger partial charge in [-0.05, 0) is 36.4 Å². The van der Waals surface area contributed by atoms with Crippen LogP contribution in [-0.2, 0) is 5.41 Å². The maximum atomic E-state index is 12.1. The molecule has 0 spiro atoms. The lowest BCUT2D eigenvalue weighted by Crippen LogP contribution is -2.19. The number of urea groups is 1. The number of carbonyl (C=O) groups excluding carboxylic acids is 2. The molecule has 9 nitrogen and oxygen atoms in total. The van der Waals surface area contributed by atoms with Gasteiger partial charge in [0.05, 0.1) is 6.20 Å². The van der Waals surface area contributed by atoms with E-state index < -0.39 is 11.9 Å². The molecule has 0 aliphatic carbocycles. The van der Waals surface area contributed by atoms with Gasteiger partial charge in [-0.2, -0.15) is 0 Å². The van der Waals surface area contributed by atoms with Gasteiger partial charge >= 0.3 is 6.03 Å². The lowest BCUT2D eigenvalue weighted by molar-refractivity contribution is 0.102. The van der Waals surface area contributed by atoms with Gasteiger partial charge in [0, 0.05) is 22.9 Å². The first-order valence-electron chi connectivity index (χ1n) is 8.82. The number of hydrogen-bond acceptors (Lipinski definition) is 6. The highest BCUT2D eigenvalue weighted by Crippen LogP contribution is 2.24. The maximum absolute atomic E-state index is 12.1. The van der Waals surface area contributed by atoms with Crippen molar-refractivity contribution in [3.8, 4) is 5.75 Å². The Hall–Kier alpha value is -3.88. The standard InChI is InChI=1S/C20H21N5O4/c1-20(2,3)16-10-17(25-29-16)24-19(28)23-13-6-4-12(5-7-13)22-18(27)15-9-8-14(26)11-21-15/h4-11,26H,1-3H3,(H,22,27)(H2,23,24,25,28). The van der Waals surface area contributed by atoms with E-state index in [4.69, 9.17) is 4.52 Å². The van der Waals surface area contributed by atoms with Crippen LogP contribution in [0.3, 0.4) is 0 Å². The molecular formula is C20H21N5O4. The number of pyridine rings is 1. The highest BCUT2D eigenvalue weighted by atomic mass is 16.5. The number of rotatable bonds is 4. The monoisotopic (exact) mass is 395 g/mol. The summed E-state index contributed by atoms with van der Waals surface area (Å²) < 4.78 is 5.22. The van der Waals surface area contributed by atoms with Crippen molar-refractivity contribution >= 4 is 29.1 Å². The van der Waals surface area contributed by atoms with Crippen LogP contribution in [0.5, 0.6) is 5.75 Å². The number of aromatic nitrogens is 2. The third-order valence-electron chi connectivity index (χ3n) is 3.87. The van der Waals surface area contributed by atoms with E-state index >= 15 is 0 Å². The number of amides is 3. The van der Waals surface area contributed by atoms with Crippen molar-refractivity contribution in [3.05, 3.63) is 60.1 Å². The Kier molecular flexibility index (Phi) is 5.49. The van der Waals surface area contributed by atoms with Gasteiger partial charge in [0.15, 0.2) is 5.82 Å². The number of aromatic hydroxyl groups is 1. The predicted molar refractivity (Wildman–Crippen MR) is 108 cm³/mol. The minimum Gasteiger partial charge on any atom is -0.506 e. The Balaban J connectivity index is 1.56. The van der Waals surface area contributed by atoms with Crippen LogP contribution in [0, 0.1) is 0 Å². The highest BCUT2D eigenvalue weighted by Gasteiger charge is 2.20. The zero-order chi connectivity index (χ0) is 21.0. The molecule has 0 atom stereocenters. The highest BCUT2D eigenvalue weighted by molar-refractivity contribution is 6.03. The minimum atomic E-state index is -0.469. The van der Waals surface area contributed by atoms with Crippen LogP contribution < -0.4 is 16.0 Å². The molecule has 0 aliphatic rings. The van der Waals surface area contributed by atoms with Gasteiger partial charge in [-0.25, -0.2) is 9.78 Å². The van der Waals surface area contributed by atoms with E-state index in [-0.39, 0.29) is 16.9 Å².